The first-order valence-corrected chi connectivity index (χ1v) is 15.4. The average Bonchev–Trinajstić information content (AvgIpc) is 3.62. The summed E-state index contributed by atoms with van der Waals surface area (Å²) >= 11 is 0. The summed E-state index contributed by atoms with van der Waals surface area (Å²) in [6, 6.07) is 34.8. The molecule has 0 aliphatic heterocycles. The van der Waals surface area contributed by atoms with Crippen LogP contribution in [0.1, 0.15) is 56.5 Å². The molecule has 0 unspecified atom stereocenters. The standard InChI is InChI=1S/C39H32N6O.Pt/c1-24(2)31-13-11-14-32(25(3)4)38(31)45-39(42-26(5)43-45)27-20-28(40-6)22-30(21-27)46-29-17-18-34-33-12-7-8-15-35(33)44(36(34)23-29)37-16-9-10-19-41-37;/h7-20,22,24-25H,1-5H3;/q-2;+2. The number of hydrogen-bond acceptors (Lipinski definition) is 4. The minimum Gasteiger partial charge on any atom is -0.504 e. The third-order valence-electron chi connectivity index (χ3n) is 8.12. The third kappa shape index (κ3) is 5.86. The van der Waals surface area contributed by atoms with E-state index in [9.17, 15) is 0 Å². The number of para-hydroxylation sites is 2. The summed E-state index contributed by atoms with van der Waals surface area (Å²) < 4.78 is 10.4. The van der Waals surface area contributed by atoms with E-state index in [1.807, 2.05) is 54.1 Å². The van der Waals surface area contributed by atoms with Gasteiger partial charge in [-0.05, 0) is 53.5 Å². The van der Waals surface area contributed by atoms with Crippen LogP contribution in [0, 0.1) is 25.6 Å². The average molecular weight is 796 g/mol. The molecule has 0 N–H and O–H groups in total. The zero-order valence-electron chi connectivity index (χ0n) is 26.7. The van der Waals surface area contributed by atoms with E-state index in [0.29, 0.717) is 34.4 Å². The van der Waals surface area contributed by atoms with Gasteiger partial charge in [0.2, 0.25) is 0 Å². The van der Waals surface area contributed by atoms with Crippen LogP contribution in [0.5, 0.6) is 11.5 Å². The van der Waals surface area contributed by atoms with Gasteiger partial charge < -0.3 is 9.30 Å². The van der Waals surface area contributed by atoms with Crippen molar-refractivity contribution < 1.29 is 25.8 Å². The SMILES string of the molecule is [C-]#[N+]c1cc(Oc2[c-]c3c(cc2)c2ccccc2n3-c2ccccn2)[c-]c(-c2nc(C)nn2-c2c(C(C)C)cccc2C(C)C)c1.[Pt+2]. The van der Waals surface area contributed by atoms with Crippen molar-refractivity contribution in [3.63, 3.8) is 0 Å². The molecule has 0 bridgehead atoms. The molecule has 0 atom stereocenters. The first-order valence-electron chi connectivity index (χ1n) is 15.4. The number of benzene rings is 4. The fourth-order valence-electron chi connectivity index (χ4n) is 6.05. The zero-order valence-corrected chi connectivity index (χ0v) is 29.0. The molecule has 0 saturated heterocycles. The second-order valence-electron chi connectivity index (χ2n) is 11.9. The summed E-state index contributed by atoms with van der Waals surface area (Å²) in [5, 5.41) is 7.01. The Morgan fingerprint density at radius 2 is 1.55 bits per heavy atom. The first-order chi connectivity index (χ1) is 22.3. The maximum atomic E-state index is 7.87. The normalized spacial score (nSPS) is 11.3. The number of aromatic nitrogens is 5. The molecule has 0 amide bonds. The smallest absolute Gasteiger partial charge is 0.504 e. The molecule has 7 nitrogen and oxygen atoms in total. The monoisotopic (exact) mass is 795 g/mol. The van der Waals surface area contributed by atoms with Crippen molar-refractivity contribution in [3.8, 4) is 34.4 Å². The fourth-order valence-corrected chi connectivity index (χ4v) is 6.05. The molecular weight excluding hydrogens is 764 g/mol. The van der Waals surface area contributed by atoms with Crippen molar-refractivity contribution in [3.05, 3.63) is 132 Å². The van der Waals surface area contributed by atoms with Crippen LogP contribution in [-0.2, 0) is 21.1 Å². The molecule has 0 aliphatic carbocycles. The quantitative estimate of drug-likeness (QED) is 0.151. The molecule has 0 radical (unpaired) electrons. The second-order valence-corrected chi connectivity index (χ2v) is 11.9. The van der Waals surface area contributed by atoms with Crippen molar-refractivity contribution in [2.24, 2.45) is 0 Å². The molecule has 0 fully saturated rings. The van der Waals surface area contributed by atoms with Crippen LogP contribution in [0.2, 0.25) is 0 Å². The second kappa shape index (κ2) is 13.0. The molecule has 8 heteroatoms. The number of fused-ring (bicyclic) bond motifs is 3. The summed E-state index contributed by atoms with van der Waals surface area (Å²) in [4.78, 5) is 13.2. The molecule has 47 heavy (non-hydrogen) atoms. The van der Waals surface area contributed by atoms with Crippen LogP contribution < -0.4 is 4.74 Å². The van der Waals surface area contributed by atoms with E-state index in [1.54, 1.807) is 18.3 Å². The Morgan fingerprint density at radius 3 is 2.26 bits per heavy atom. The van der Waals surface area contributed by atoms with E-state index in [-0.39, 0.29) is 32.9 Å². The predicted molar refractivity (Wildman–Crippen MR) is 182 cm³/mol. The van der Waals surface area contributed by atoms with Gasteiger partial charge in [-0.3, -0.25) is 14.5 Å². The molecule has 0 saturated carbocycles. The van der Waals surface area contributed by atoms with Gasteiger partial charge in [-0.2, -0.15) is 11.2 Å². The van der Waals surface area contributed by atoms with Crippen molar-refractivity contribution in [1.29, 1.82) is 0 Å². The van der Waals surface area contributed by atoms with E-state index < -0.39 is 0 Å². The summed E-state index contributed by atoms with van der Waals surface area (Å²) in [5.74, 6) is 3.48. The van der Waals surface area contributed by atoms with Gasteiger partial charge >= 0.3 is 21.1 Å². The number of rotatable bonds is 7. The van der Waals surface area contributed by atoms with Crippen LogP contribution in [0.4, 0.5) is 5.69 Å². The third-order valence-corrected chi connectivity index (χ3v) is 8.12. The number of aryl methyl sites for hydroxylation is 1. The Morgan fingerprint density at radius 1 is 0.809 bits per heavy atom. The molecule has 4 aromatic carbocycles. The summed E-state index contributed by atoms with van der Waals surface area (Å²) in [6.45, 7) is 18.5. The maximum Gasteiger partial charge on any atom is 2.00 e. The molecule has 3 heterocycles. The first kappa shape index (κ1) is 31.9. The van der Waals surface area contributed by atoms with Crippen molar-refractivity contribution in [2.45, 2.75) is 46.5 Å². The summed E-state index contributed by atoms with van der Waals surface area (Å²) in [6.07, 6.45) is 1.78. The van der Waals surface area contributed by atoms with E-state index in [2.05, 4.69) is 84.6 Å². The number of nitrogens with zero attached hydrogens (tertiary/aromatic N) is 6. The van der Waals surface area contributed by atoms with Crippen LogP contribution in [0.15, 0.2) is 91.1 Å². The molecule has 0 aliphatic rings. The Hall–Kier alpha value is -5.05. The molecule has 7 aromatic rings. The number of hydrogen-bond donors (Lipinski definition) is 0. The molecular formula is C39H32N6OPt. The van der Waals surface area contributed by atoms with E-state index in [1.165, 1.54) is 11.1 Å². The number of pyridine rings is 1. The molecule has 234 valence electrons. The van der Waals surface area contributed by atoms with E-state index >= 15 is 0 Å². The topological polar surface area (TPSA) is 62.1 Å². The van der Waals surface area contributed by atoms with Gasteiger partial charge in [-0.25, -0.2) is 4.98 Å². The summed E-state index contributed by atoms with van der Waals surface area (Å²) in [7, 11) is 0. The number of ether oxygens (including phenoxy) is 1. The zero-order chi connectivity index (χ0) is 31.9. The maximum absolute atomic E-state index is 7.87. The largest absolute Gasteiger partial charge is 2.00 e. The minimum absolute atomic E-state index is 0. The van der Waals surface area contributed by atoms with Crippen LogP contribution in [0.25, 0.3) is 49.5 Å². The van der Waals surface area contributed by atoms with Gasteiger partial charge in [-0.15, -0.1) is 29.1 Å². The van der Waals surface area contributed by atoms with Gasteiger partial charge in [0.15, 0.2) is 0 Å². The van der Waals surface area contributed by atoms with Crippen LogP contribution >= 0.6 is 0 Å². The van der Waals surface area contributed by atoms with Gasteiger partial charge in [0, 0.05) is 23.2 Å². The van der Waals surface area contributed by atoms with Crippen molar-refractivity contribution in [2.75, 3.05) is 0 Å². The fraction of sp³-hybridized carbons (Fsp3) is 0.179. The molecule has 7 rings (SSSR count). The Bertz CT molecular complexity index is 2250. The van der Waals surface area contributed by atoms with Gasteiger partial charge in [0.25, 0.3) is 0 Å². The van der Waals surface area contributed by atoms with E-state index in [4.69, 9.17) is 21.4 Å². The Balaban J connectivity index is 0.00000386. The molecule has 0 spiro atoms. The van der Waals surface area contributed by atoms with Crippen molar-refractivity contribution in [1.82, 2.24) is 24.3 Å². The van der Waals surface area contributed by atoms with E-state index in [0.717, 1.165) is 33.3 Å². The van der Waals surface area contributed by atoms with Crippen LogP contribution in [-0.4, -0.2) is 24.3 Å². The van der Waals surface area contributed by atoms with Gasteiger partial charge in [0.05, 0.1) is 18.1 Å². The Labute approximate surface area is 289 Å². The van der Waals surface area contributed by atoms with Gasteiger partial charge in [-0.1, -0.05) is 87.8 Å². The minimum atomic E-state index is 0. The van der Waals surface area contributed by atoms with Crippen LogP contribution in [0.3, 0.4) is 0 Å². The Kier molecular flexibility index (Phi) is 8.81. The van der Waals surface area contributed by atoms with Gasteiger partial charge in [0.1, 0.15) is 17.3 Å². The van der Waals surface area contributed by atoms with Crippen molar-refractivity contribution >= 4 is 27.5 Å². The summed E-state index contributed by atoms with van der Waals surface area (Å²) in [5.41, 5.74) is 6.31. The molecule has 3 aromatic heterocycles. The predicted octanol–water partition coefficient (Wildman–Crippen LogP) is 9.92.